The van der Waals surface area contributed by atoms with Gasteiger partial charge >= 0.3 is 0 Å². The number of aliphatic hydroxyl groups is 1. The predicted octanol–water partition coefficient (Wildman–Crippen LogP) is 2.37. The number of benzene rings is 2. The van der Waals surface area contributed by atoms with Gasteiger partial charge in [-0.3, -0.25) is 0 Å². The van der Waals surface area contributed by atoms with Gasteiger partial charge < -0.3 is 5.11 Å². The van der Waals surface area contributed by atoms with Crippen molar-refractivity contribution in [3.05, 3.63) is 65.7 Å². The van der Waals surface area contributed by atoms with E-state index in [1.165, 1.54) is 24.3 Å². The summed E-state index contributed by atoms with van der Waals surface area (Å²) in [5, 5.41) is 9.91. The van der Waals surface area contributed by atoms with Crippen molar-refractivity contribution in [2.45, 2.75) is 17.4 Å². The van der Waals surface area contributed by atoms with Crippen LogP contribution in [0.15, 0.2) is 53.4 Å². The van der Waals surface area contributed by atoms with Crippen LogP contribution in [-0.2, 0) is 10.0 Å². The smallest absolute Gasteiger partial charge is 0.240 e. The number of rotatable bonds is 6. The van der Waals surface area contributed by atoms with Crippen LogP contribution in [0.5, 0.6) is 0 Å². The zero-order valence-electron chi connectivity index (χ0n) is 11.5. The fourth-order valence-electron chi connectivity index (χ4n) is 1.88. The number of hydrogen-bond donors (Lipinski definition) is 2. The summed E-state index contributed by atoms with van der Waals surface area (Å²) >= 11 is 0. The second kappa shape index (κ2) is 6.95. The average molecular weight is 327 g/mol. The Morgan fingerprint density at radius 2 is 1.45 bits per heavy atom. The maximum absolute atomic E-state index is 12.8. The molecule has 0 aliphatic rings. The van der Waals surface area contributed by atoms with Gasteiger partial charge in [0.05, 0.1) is 11.0 Å². The van der Waals surface area contributed by atoms with Crippen LogP contribution in [0.4, 0.5) is 8.78 Å². The van der Waals surface area contributed by atoms with Gasteiger partial charge in [-0.2, -0.15) is 0 Å². The second-order valence-corrected chi connectivity index (χ2v) is 6.47. The summed E-state index contributed by atoms with van der Waals surface area (Å²) in [6, 6.07) is 9.76. The summed E-state index contributed by atoms with van der Waals surface area (Å²) in [5.74, 6) is -0.932. The van der Waals surface area contributed by atoms with Crippen LogP contribution in [-0.4, -0.2) is 20.1 Å². The molecule has 0 radical (unpaired) electrons. The number of nitrogens with one attached hydrogen (secondary N) is 1. The van der Waals surface area contributed by atoms with Gasteiger partial charge in [-0.05, 0) is 48.4 Å². The first-order valence-corrected chi connectivity index (χ1v) is 8.05. The third kappa shape index (κ3) is 4.33. The molecular formula is C15H15F2NO3S. The van der Waals surface area contributed by atoms with E-state index < -0.39 is 27.8 Å². The third-order valence-electron chi connectivity index (χ3n) is 3.09. The van der Waals surface area contributed by atoms with Crippen molar-refractivity contribution in [2.75, 3.05) is 6.54 Å². The van der Waals surface area contributed by atoms with Crippen LogP contribution >= 0.6 is 0 Å². The molecule has 2 N–H and O–H groups in total. The van der Waals surface area contributed by atoms with Gasteiger partial charge in [0.2, 0.25) is 10.0 Å². The first-order chi connectivity index (χ1) is 10.4. The lowest BCUT2D eigenvalue weighted by Crippen LogP contribution is -2.26. The lowest BCUT2D eigenvalue weighted by Gasteiger charge is -2.12. The van der Waals surface area contributed by atoms with E-state index in [1.54, 1.807) is 0 Å². The first kappa shape index (κ1) is 16.5. The van der Waals surface area contributed by atoms with Crippen molar-refractivity contribution in [1.29, 1.82) is 0 Å². The van der Waals surface area contributed by atoms with Crippen LogP contribution in [0.3, 0.4) is 0 Å². The molecule has 118 valence electrons. The Labute approximate surface area is 127 Å². The van der Waals surface area contributed by atoms with E-state index in [1.807, 2.05) is 0 Å². The van der Waals surface area contributed by atoms with Crippen molar-refractivity contribution < 1.29 is 22.3 Å². The van der Waals surface area contributed by atoms with E-state index in [0.717, 1.165) is 24.3 Å². The number of sulfonamides is 1. The van der Waals surface area contributed by atoms with Crippen LogP contribution in [0.2, 0.25) is 0 Å². The summed E-state index contributed by atoms with van der Waals surface area (Å²) in [7, 11) is -3.75. The van der Waals surface area contributed by atoms with Crippen molar-refractivity contribution in [2.24, 2.45) is 0 Å². The van der Waals surface area contributed by atoms with E-state index in [4.69, 9.17) is 0 Å². The van der Waals surface area contributed by atoms with Gasteiger partial charge in [-0.15, -0.1) is 0 Å². The maximum atomic E-state index is 12.8. The van der Waals surface area contributed by atoms with Gasteiger partial charge in [-0.25, -0.2) is 21.9 Å². The Hall–Kier alpha value is -1.83. The summed E-state index contributed by atoms with van der Waals surface area (Å²) in [5.41, 5.74) is 0.502. The molecule has 0 aliphatic heterocycles. The van der Waals surface area contributed by atoms with Gasteiger partial charge in [0, 0.05) is 6.54 Å². The van der Waals surface area contributed by atoms with Crippen molar-refractivity contribution in [3.8, 4) is 0 Å². The highest BCUT2D eigenvalue weighted by Crippen LogP contribution is 2.17. The lowest BCUT2D eigenvalue weighted by atomic mass is 10.1. The standard InChI is InChI=1S/C15H15F2NO3S/c16-12-3-1-11(2-4-12)15(19)9-10-18-22(20,21)14-7-5-13(17)6-8-14/h1-8,15,18-19H,9-10H2. The molecule has 7 heteroatoms. The predicted molar refractivity (Wildman–Crippen MR) is 77.6 cm³/mol. The second-order valence-electron chi connectivity index (χ2n) is 4.71. The van der Waals surface area contributed by atoms with Gasteiger partial charge in [0.1, 0.15) is 11.6 Å². The molecule has 0 bridgehead atoms. The molecule has 0 spiro atoms. The van der Waals surface area contributed by atoms with Crippen LogP contribution in [0.1, 0.15) is 18.1 Å². The molecular weight excluding hydrogens is 312 g/mol. The molecule has 0 fully saturated rings. The van der Waals surface area contributed by atoms with Crippen LogP contribution in [0.25, 0.3) is 0 Å². The Morgan fingerprint density at radius 3 is 2.00 bits per heavy atom. The molecule has 1 atom stereocenters. The number of aliphatic hydroxyl groups excluding tert-OH is 1. The first-order valence-electron chi connectivity index (χ1n) is 6.57. The fraction of sp³-hybridized carbons (Fsp3) is 0.200. The molecule has 0 amide bonds. The van der Waals surface area contributed by atoms with Crippen molar-refractivity contribution in [3.63, 3.8) is 0 Å². The minimum absolute atomic E-state index is 0.00173. The molecule has 22 heavy (non-hydrogen) atoms. The molecule has 4 nitrogen and oxygen atoms in total. The lowest BCUT2D eigenvalue weighted by molar-refractivity contribution is 0.169. The van der Waals surface area contributed by atoms with Crippen LogP contribution in [0, 0.1) is 11.6 Å². The molecule has 0 aromatic heterocycles. The molecule has 0 heterocycles. The van der Waals surface area contributed by atoms with E-state index in [2.05, 4.69) is 4.72 Å². The number of halogens is 2. The van der Waals surface area contributed by atoms with Gasteiger partial charge in [0.25, 0.3) is 0 Å². The van der Waals surface area contributed by atoms with Crippen molar-refractivity contribution >= 4 is 10.0 Å². The molecule has 0 saturated carbocycles. The highest BCUT2D eigenvalue weighted by molar-refractivity contribution is 7.89. The summed E-state index contributed by atoms with van der Waals surface area (Å²) in [6.45, 7) is -0.00173. The Kier molecular flexibility index (Phi) is 5.23. The highest BCUT2D eigenvalue weighted by atomic mass is 32.2. The normalized spacial score (nSPS) is 13.0. The molecule has 2 rings (SSSR count). The summed E-state index contributed by atoms with van der Waals surface area (Å²) < 4.78 is 51.8. The van der Waals surface area contributed by atoms with Gasteiger partial charge in [0.15, 0.2) is 0 Å². The zero-order valence-corrected chi connectivity index (χ0v) is 12.4. The largest absolute Gasteiger partial charge is 0.388 e. The fourth-order valence-corrected chi connectivity index (χ4v) is 2.93. The average Bonchev–Trinajstić information content (AvgIpc) is 2.48. The van der Waals surface area contributed by atoms with E-state index in [9.17, 15) is 22.3 Å². The van der Waals surface area contributed by atoms with E-state index >= 15 is 0 Å². The Morgan fingerprint density at radius 1 is 0.955 bits per heavy atom. The molecule has 2 aromatic carbocycles. The molecule has 2 aromatic rings. The SMILES string of the molecule is O=S(=O)(NCCC(O)c1ccc(F)cc1)c1ccc(F)cc1. The monoisotopic (exact) mass is 327 g/mol. The van der Waals surface area contributed by atoms with Crippen molar-refractivity contribution in [1.82, 2.24) is 4.72 Å². The third-order valence-corrected chi connectivity index (χ3v) is 4.57. The minimum atomic E-state index is -3.75. The Balaban J connectivity index is 1.92. The topological polar surface area (TPSA) is 66.4 Å². The van der Waals surface area contributed by atoms with E-state index in [-0.39, 0.29) is 17.9 Å². The van der Waals surface area contributed by atoms with E-state index in [0.29, 0.717) is 5.56 Å². The Bertz CT molecular complexity index is 715. The number of hydrogen-bond acceptors (Lipinski definition) is 3. The summed E-state index contributed by atoms with van der Waals surface area (Å²) in [4.78, 5) is -0.0508. The van der Waals surface area contributed by atoms with Gasteiger partial charge in [-0.1, -0.05) is 12.1 Å². The highest BCUT2D eigenvalue weighted by Gasteiger charge is 2.15. The quantitative estimate of drug-likeness (QED) is 0.856. The zero-order chi connectivity index (χ0) is 16.2. The molecule has 0 saturated heterocycles. The maximum Gasteiger partial charge on any atom is 0.240 e. The molecule has 0 aliphatic carbocycles. The summed E-state index contributed by atoms with van der Waals surface area (Å²) in [6.07, 6.45) is -0.775. The van der Waals surface area contributed by atoms with Crippen LogP contribution < -0.4 is 4.72 Å². The molecule has 1 unspecified atom stereocenters. The minimum Gasteiger partial charge on any atom is -0.388 e.